The monoisotopic (exact) mass is 431 g/mol. The van der Waals surface area contributed by atoms with Crippen LogP contribution in [-0.2, 0) is 24.1 Å². The van der Waals surface area contributed by atoms with Gasteiger partial charge in [-0.2, -0.15) is 0 Å². The molecule has 7 nitrogen and oxygen atoms in total. The number of fused-ring (bicyclic) bond motifs is 1. The Bertz CT molecular complexity index is 1040. The molecule has 1 aliphatic heterocycles. The molecule has 1 aromatic carbocycles. The van der Waals surface area contributed by atoms with Crippen LogP contribution in [0.3, 0.4) is 0 Å². The molecule has 5 rings (SSSR count). The van der Waals surface area contributed by atoms with Crippen LogP contribution in [0.5, 0.6) is 5.75 Å². The number of hydrogen-bond acceptors (Lipinski definition) is 7. The maximum absolute atomic E-state index is 6.06. The van der Waals surface area contributed by atoms with E-state index in [0.29, 0.717) is 12.6 Å². The van der Waals surface area contributed by atoms with Crippen LogP contribution < -0.4 is 10.1 Å². The van der Waals surface area contributed by atoms with Gasteiger partial charge in [0.2, 0.25) is 5.95 Å². The van der Waals surface area contributed by atoms with E-state index in [9.17, 15) is 0 Å². The Labute approximate surface area is 188 Å². The molecule has 3 aromatic rings. The molecule has 0 unspecified atom stereocenters. The summed E-state index contributed by atoms with van der Waals surface area (Å²) >= 11 is 0. The first-order valence-corrected chi connectivity index (χ1v) is 11.3. The minimum Gasteiger partial charge on any atom is -0.496 e. The molecule has 2 aliphatic rings. The van der Waals surface area contributed by atoms with Gasteiger partial charge in [0, 0.05) is 37.6 Å². The molecule has 166 valence electrons. The number of anilines is 2. The molecule has 1 aliphatic carbocycles. The number of ether oxygens (including phenoxy) is 2. The molecular formula is C25H29N5O2. The highest BCUT2D eigenvalue weighted by Gasteiger charge is 2.24. The zero-order valence-corrected chi connectivity index (χ0v) is 18.5. The van der Waals surface area contributed by atoms with Crippen LogP contribution in [0.1, 0.15) is 41.3 Å². The number of aryl methyl sites for hydroxylation is 2. The molecule has 1 saturated heterocycles. The third-order valence-electron chi connectivity index (χ3n) is 6.23. The molecule has 1 atom stereocenters. The van der Waals surface area contributed by atoms with E-state index < -0.39 is 0 Å². The Kier molecular flexibility index (Phi) is 6.27. The Balaban J connectivity index is 1.26. The van der Waals surface area contributed by atoms with E-state index in [-0.39, 0.29) is 6.10 Å². The highest BCUT2D eigenvalue weighted by atomic mass is 16.5. The quantitative estimate of drug-likeness (QED) is 0.631. The van der Waals surface area contributed by atoms with Crippen molar-refractivity contribution >= 4 is 11.6 Å². The number of benzene rings is 1. The molecule has 0 saturated carbocycles. The molecule has 0 spiro atoms. The molecule has 1 fully saturated rings. The van der Waals surface area contributed by atoms with Gasteiger partial charge in [-0.05, 0) is 61.1 Å². The summed E-state index contributed by atoms with van der Waals surface area (Å²) in [5.41, 5.74) is 6.00. The Morgan fingerprint density at radius 2 is 1.91 bits per heavy atom. The second-order valence-corrected chi connectivity index (χ2v) is 8.40. The third-order valence-corrected chi connectivity index (χ3v) is 6.23. The highest BCUT2D eigenvalue weighted by Crippen LogP contribution is 2.31. The van der Waals surface area contributed by atoms with Gasteiger partial charge in [0.05, 0.1) is 31.3 Å². The van der Waals surface area contributed by atoms with Crippen molar-refractivity contribution in [3.8, 4) is 5.75 Å². The lowest BCUT2D eigenvalue weighted by molar-refractivity contribution is -0.0351. The van der Waals surface area contributed by atoms with Crippen LogP contribution in [0.4, 0.5) is 11.6 Å². The SMILES string of the molecule is COc1cc2c(cc1CN1CCO[C@H](c3ccc(Nc4ncccn4)cn3)C1)CCCC2. The second kappa shape index (κ2) is 9.63. The van der Waals surface area contributed by atoms with E-state index in [1.165, 1.54) is 42.4 Å². The summed E-state index contributed by atoms with van der Waals surface area (Å²) in [5, 5.41) is 3.16. The molecule has 1 N–H and O–H groups in total. The lowest BCUT2D eigenvalue weighted by Gasteiger charge is -2.33. The normalized spacial score (nSPS) is 18.7. The van der Waals surface area contributed by atoms with Gasteiger partial charge in [0.15, 0.2) is 0 Å². The number of morpholine rings is 1. The van der Waals surface area contributed by atoms with Crippen molar-refractivity contribution in [1.29, 1.82) is 0 Å². The van der Waals surface area contributed by atoms with Crippen LogP contribution >= 0.6 is 0 Å². The lowest BCUT2D eigenvalue weighted by atomic mass is 9.90. The van der Waals surface area contributed by atoms with E-state index in [0.717, 1.165) is 36.8 Å². The average Bonchev–Trinajstić information content (AvgIpc) is 2.85. The average molecular weight is 432 g/mol. The number of nitrogens with one attached hydrogen (secondary N) is 1. The topological polar surface area (TPSA) is 72.4 Å². The Morgan fingerprint density at radius 1 is 1.09 bits per heavy atom. The van der Waals surface area contributed by atoms with Gasteiger partial charge < -0.3 is 14.8 Å². The molecule has 0 bridgehead atoms. The van der Waals surface area contributed by atoms with Crippen LogP contribution in [0.15, 0.2) is 48.9 Å². The standard InChI is InChI=1S/C25H29N5O2/c1-31-23-14-19-6-3-2-5-18(19)13-20(23)16-30-11-12-32-24(17-30)22-8-7-21(15-28-22)29-25-26-9-4-10-27-25/h4,7-10,13-15,24H,2-3,5-6,11-12,16-17H2,1H3,(H,26,27,29)/t24-/m0/s1. The van der Waals surface area contributed by atoms with Crippen molar-refractivity contribution in [2.45, 2.75) is 38.3 Å². The van der Waals surface area contributed by atoms with Crippen molar-refractivity contribution in [2.24, 2.45) is 0 Å². The van der Waals surface area contributed by atoms with Gasteiger partial charge in [-0.15, -0.1) is 0 Å². The molecule has 2 aromatic heterocycles. The number of aromatic nitrogens is 3. The number of hydrogen-bond donors (Lipinski definition) is 1. The molecule has 32 heavy (non-hydrogen) atoms. The zero-order valence-electron chi connectivity index (χ0n) is 18.5. The zero-order chi connectivity index (χ0) is 21.8. The minimum absolute atomic E-state index is 0.0469. The van der Waals surface area contributed by atoms with Crippen LogP contribution in [0.2, 0.25) is 0 Å². The summed E-state index contributed by atoms with van der Waals surface area (Å²) in [7, 11) is 1.77. The lowest BCUT2D eigenvalue weighted by Crippen LogP contribution is -2.38. The third kappa shape index (κ3) is 4.74. The van der Waals surface area contributed by atoms with E-state index in [2.05, 4.69) is 37.3 Å². The Hall–Kier alpha value is -3.03. The summed E-state index contributed by atoms with van der Waals surface area (Å²) < 4.78 is 11.8. The molecule has 7 heteroatoms. The minimum atomic E-state index is -0.0469. The van der Waals surface area contributed by atoms with E-state index in [1.807, 2.05) is 12.1 Å². The first-order chi connectivity index (χ1) is 15.8. The maximum atomic E-state index is 6.06. The van der Waals surface area contributed by atoms with Crippen molar-refractivity contribution in [3.05, 3.63) is 71.3 Å². The fourth-order valence-electron chi connectivity index (χ4n) is 4.56. The van der Waals surface area contributed by atoms with Crippen molar-refractivity contribution in [1.82, 2.24) is 19.9 Å². The predicted octanol–water partition coefficient (Wildman–Crippen LogP) is 4.08. The number of methoxy groups -OCH3 is 1. The number of pyridine rings is 1. The smallest absolute Gasteiger partial charge is 0.227 e. The molecule has 0 amide bonds. The van der Waals surface area contributed by atoms with Crippen molar-refractivity contribution in [2.75, 3.05) is 32.1 Å². The van der Waals surface area contributed by atoms with Crippen LogP contribution in [0.25, 0.3) is 0 Å². The maximum Gasteiger partial charge on any atom is 0.227 e. The van der Waals surface area contributed by atoms with Crippen LogP contribution in [-0.4, -0.2) is 46.7 Å². The van der Waals surface area contributed by atoms with Gasteiger partial charge >= 0.3 is 0 Å². The number of nitrogens with zero attached hydrogens (tertiary/aromatic N) is 4. The summed E-state index contributed by atoms with van der Waals surface area (Å²) in [6.07, 6.45) is 10.1. The molecular weight excluding hydrogens is 402 g/mol. The molecule has 3 heterocycles. The van der Waals surface area contributed by atoms with Gasteiger partial charge in [-0.1, -0.05) is 6.07 Å². The van der Waals surface area contributed by atoms with Gasteiger partial charge in [0.1, 0.15) is 11.9 Å². The Morgan fingerprint density at radius 3 is 2.66 bits per heavy atom. The summed E-state index contributed by atoms with van der Waals surface area (Å²) in [6, 6.07) is 10.4. The first kappa shape index (κ1) is 20.8. The summed E-state index contributed by atoms with van der Waals surface area (Å²) in [6.45, 7) is 3.27. The van der Waals surface area contributed by atoms with Gasteiger partial charge in [-0.3, -0.25) is 9.88 Å². The van der Waals surface area contributed by atoms with Crippen molar-refractivity contribution in [3.63, 3.8) is 0 Å². The van der Waals surface area contributed by atoms with E-state index in [4.69, 9.17) is 9.47 Å². The highest BCUT2D eigenvalue weighted by molar-refractivity contribution is 5.51. The fourth-order valence-corrected chi connectivity index (χ4v) is 4.56. The van der Waals surface area contributed by atoms with Gasteiger partial charge in [-0.25, -0.2) is 9.97 Å². The largest absolute Gasteiger partial charge is 0.496 e. The predicted molar refractivity (Wildman–Crippen MR) is 123 cm³/mol. The van der Waals surface area contributed by atoms with E-state index >= 15 is 0 Å². The molecule has 0 radical (unpaired) electrons. The van der Waals surface area contributed by atoms with E-state index in [1.54, 1.807) is 31.8 Å². The number of rotatable bonds is 6. The van der Waals surface area contributed by atoms with Crippen molar-refractivity contribution < 1.29 is 9.47 Å². The first-order valence-electron chi connectivity index (χ1n) is 11.3. The summed E-state index contributed by atoms with van der Waals surface area (Å²) in [5.74, 6) is 1.56. The summed E-state index contributed by atoms with van der Waals surface area (Å²) in [4.78, 5) is 15.4. The van der Waals surface area contributed by atoms with Crippen LogP contribution in [0, 0.1) is 0 Å². The van der Waals surface area contributed by atoms with Gasteiger partial charge in [0.25, 0.3) is 0 Å². The second-order valence-electron chi connectivity index (χ2n) is 8.40. The fraction of sp³-hybridized carbons (Fsp3) is 0.400.